The van der Waals surface area contributed by atoms with Crippen LogP contribution in [0, 0.1) is 0 Å². The van der Waals surface area contributed by atoms with Gasteiger partial charge in [0, 0.05) is 10.5 Å². The van der Waals surface area contributed by atoms with E-state index in [4.69, 9.17) is 10.3 Å². The van der Waals surface area contributed by atoms with E-state index in [0.29, 0.717) is 5.69 Å². The highest BCUT2D eigenvalue weighted by molar-refractivity contribution is 5.60. The van der Waals surface area contributed by atoms with Gasteiger partial charge in [-0.25, -0.2) is 9.97 Å². The van der Waals surface area contributed by atoms with Crippen molar-refractivity contribution in [1.29, 1.82) is 0 Å². The number of nitrogens with zero attached hydrogens (tertiary/aromatic N) is 5. The van der Waals surface area contributed by atoms with Crippen LogP contribution in [0.5, 0.6) is 5.88 Å². The van der Waals surface area contributed by atoms with Gasteiger partial charge in [0.15, 0.2) is 5.82 Å². The van der Waals surface area contributed by atoms with Crippen LogP contribution in [0.3, 0.4) is 0 Å². The lowest BCUT2D eigenvalue weighted by atomic mass is 10.2. The quantitative estimate of drug-likeness (QED) is 0.458. The molecule has 1 heterocycles. The fourth-order valence-corrected chi connectivity index (χ4v) is 1.36. The predicted molar refractivity (Wildman–Crippen MR) is 62.8 cm³/mol. The van der Waals surface area contributed by atoms with Crippen molar-refractivity contribution >= 4 is 5.82 Å². The molecule has 0 saturated carbocycles. The Bertz CT molecular complexity index is 563. The molecule has 0 aliphatic carbocycles. The molecule has 2 aromatic rings. The fraction of sp³-hybridized carbons (Fsp3) is 0.0909. The third kappa shape index (κ3) is 2.32. The molecular weight excluding hydrogens is 218 g/mol. The average Bonchev–Trinajstić information content (AvgIpc) is 2.40. The summed E-state index contributed by atoms with van der Waals surface area (Å²) < 4.78 is 5.02. The molecule has 0 unspecified atom stereocenters. The zero-order valence-corrected chi connectivity index (χ0v) is 9.11. The number of aromatic nitrogens is 2. The summed E-state index contributed by atoms with van der Waals surface area (Å²) in [5.41, 5.74) is 9.95. The van der Waals surface area contributed by atoms with E-state index < -0.39 is 0 Å². The first-order valence-electron chi connectivity index (χ1n) is 4.86. The number of benzene rings is 1. The molecule has 0 saturated heterocycles. The minimum atomic E-state index is 0.134. The minimum absolute atomic E-state index is 0.134. The first-order valence-corrected chi connectivity index (χ1v) is 4.86. The van der Waals surface area contributed by atoms with Gasteiger partial charge in [-0.15, -0.1) is 0 Å². The fourth-order valence-electron chi connectivity index (χ4n) is 1.36. The molecular formula is C11H9N5O. The molecule has 0 fully saturated rings. The molecule has 1 aromatic carbocycles. The zero-order chi connectivity index (χ0) is 12.1. The number of methoxy groups -OCH3 is 1. The Hall–Kier alpha value is -2.59. The number of hydrogen-bond donors (Lipinski definition) is 0. The first kappa shape index (κ1) is 10.9. The predicted octanol–water partition coefficient (Wildman–Crippen LogP) is 3.09. The second kappa shape index (κ2) is 4.96. The van der Waals surface area contributed by atoms with Crippen molar-refractivity contribution in [3.05, 3.63) is 47.0 Å². The lowest BCUT2D eigenvalue weighted by molar-refractivity contribution is 0.398. The molecule has 17 heavy (non-hydrogen) atoms. The summed E-state index contributed by atoms with van der Waals surface area (Å²) in [5.74, 6) is 0.346. The van der Waals surface area contributed by atoms with Gasteiger partial charge in [0.05, 0.1) is 19.0 Å². The second-order valence-electron chi connectivity index (χ2n) is 3.14. The Morgan fingerprint density at radius 2 is 2.06 bits per heavy atom. The maximum Gasteiger partial charge on any atom is 0.242 e. The molecule has 0 bridgehead atoms. The normalized spacial score (nSPS) is 9.47. The summed E-state index contributed by atoms with van der Waals surface area (Å²) in [4.78, 5) is 10.9. The van der Waals surface area contributed by atoms with Gasteiger partial charge in [-0.3, -0.25) is 0 Å². The van der Waals surface area contributed by atoms with Crippen LogP contribution in [0.15, 0.2) is 41.6 Å². The summed E-state index contributed by atoms with van der Waals surface area (Å²) in [6, 6.07) is 9.56. The highest BCUT2D eigenvalue weighted by Gasteiger charge is 2.07. The molecule has 0 aliphatic heterocycles. The van der Waals surface area contributed by atoms with E-state index in [-0.39, 0.29) is 11.7 Å². The monoisotopic (exact) mass is 227 g/mol. The van der Waals surface area contributed by atoms with Crippen molar-refractivity contribution in [2.75, 3.05) is 7.11 Å². The van der Waals surface area contributed by atoms with Gasteiger partial charge in [0.1, 0.15) is 0 Å². The lowest BCUT2D eigenvalue weighted by Gasteiger charge is -2.05. The molecule has 2 rings (SSSR count). The Morgan fingerprint density at radius 3 is 2.71 bits per heavy atom. The molecule has 1 aromatic heterocycles. The third-order valence-corrected chi connectivity index (χ3v) is 2.12. The summed E-state index contributed by atoms with van der Waals surface area (Å²) in [6.07, 6.45) is 1.54. The average molecular weight is 227 g/mol. The van der Waals surface area contributed by atoms with Crippen LogP contribution in [0.1, 0.15) is 0 Å². The van der Waals surface area contributed by atoms with Crippen LogP contribution >= 0.6 is 0 Å². The highest BCUT2D eigenvalue weighted by Crippen LogP contribution is 2.26. The standard InChI is InChI=1S/C11H9N5O/c1-17-11-10(15-16-12)13-7-9(14-11)8-5-3-2-4-6-8/h2-7H,1H3. The number of hydrogen-bond acceptors (Lipinski definition) is 4. The molecule has 0 atom stereocenters. The molecule has 0 N–H and O–H groups in total. The molecule has 6 nitrogen and oxygen atoms in total. The van der Waals surface area contributed by atoms with Crippen LogP contribution in [-0.4, -0.2) is 17.1 Å². The molecule has 6 heteroatoms. The third-order valence-electron chi connectivity index (χ3n) is 2.12. The van der Waals surface area contributed by atoms with Gasteiger partial charge in [0.25, 0.3) is 0 Å². The van der Waals surface area contributed by atoms with Crippen molar-refractivity contribution < 1.29 is 4.74 Å². The van der Waals surface area contributed by atoms with Gasteiger partial charge < -0.3 is 4.74 Å². The topological polar surface area (TPSA) is 83.8 Å². The van der Waals surface area contributed by atoms with E-state index in [9.17, 15) is 0 Å². The Balaban J connectivity index is 2.48. The van der Waals surface area contributed by atoms with Crippen molar-refractivity contribution in [1.82, 2.24) is 9.97 Å². The SMILES string of the molecule is COc1nc(-c2ccccc2)cnc1N=[N+]=[N-]. The van der Waals surface area contributed by atoms with Crippen LogP contribution in [-0.2, 0) is 0 Å². The Labute approximate surface area is 97.5 Å². The van der Waals surface area contributed by atoms with Crippen LogP contribution in [0.4, 0.5) is 5.82 Å². The summed E-state index contributed by atoms with van der Waals surface area (Å²) in [5, 5.41) is 3.39. The van der Waals surface area contributed by atoms with Crippen LogP contribution in [0.25, 0.3) is 21.7 Å². The van der Waals surface area contributed by atoms with E-state index in [1.54, 1.807) is 6.20 Å². The van der Waals surface area contributed by atoms with Crippen LogP contribution in [0.2, 0.25) is 0 Å². The highest BCUT2D eigenvalue weighted by atomic mass is 16.5. The molecule has 84 valence electrons. The molecule has 0 spiro atoms. The Kier molecular flexibility index (Phi) is 3.18. The van der Waals surface area contributed by atoms with Crippen molar-refractivity contribution in [2.45, 2.75) is 0 Å². The van der Waals surface area contributed by atoms with E-state index in [1.165, 1.54) is 7.11 Å². The smallest absolute Gasteiger partial charge is 0.242 e. The molecule has 0 amide bonds. The van der Waals surface area contributed by atoms with Gasteiger partial charge >= 0.3 is 0 Å². The molecule has 0 aliphatic rings. The lowest BCUT2D eigenvalue weighted by Crippen LogP contribution is -1.92. The Morgan fingerprint density at radius 1 is 1.29 bits per heavy atom. The molecule has 0 radical (unpaired) electrons. The number of rotatable bonds is 3. The van der Waals surface area contributed by atoms with Crippen LogP contribution < -0.4 is 4.74 Å². The van der Waals surface area contributed by atoms with Gasteiger partial charge in [0.2, 0.25) is 5.88 Å². The summed E-state index contributed by atoms with van der Waals surface area (Å²) in [6.45, 7) is 0. The maximum absolute atomic E-state index is 8.36. The van der Waals surface area contributed by atoms with Gasteiger partial charge in [-0.1, -0.05) is 30.3 Å². The first-order chi connectivity index (χ1) is 8.35. The minimum Gasteiger partial charge on any atom is -0.480 e. The van der Waals surface area contributed by atoms with E-state index in [2.05, 4.69) is 20.0 Å². The largest absolute Gasteiger partial charge is 0.480 e. The number of ether oxygens (including phenoxy) is 1. The summed E-state index contributed by atoms with van der Waals surface area (Å²) in [7, 11) is 1.45. The van der Waals surface area contributed by atoms with E-state index in [0.717, 1.165) is 5.56 Å². The zero-order valence-electron chi connectivity index (χ0n) is 9.11. The van der Waals surface area contributed by atoms with Gasteiger partial charge in [-0.2, -0.15) is 0 Å². The second-order valence-corrected chi connectivity index (χ2v) is 3.14. The van der Waals surface area contributed by atoms with E-state index in [1.807, 2.05) is 30.3 Å². The van der Waals surface area contributed by atoms with E-state index >= 15 is 0 Å². The maximum atomic E-state index is 8.36. The van der Waals surface area contributed by atoms with Crippen molar-refractivity contribution in [2.24, 2.45) is 5.11 Å². The van der Waals surface area contributed by atoms with Crippen molar-refractivity contribution in [3.8, 4) is 17.1 Å². The number of azide groups is 1. The van der Waals surface area contributed by atoms with Gasteiger partial charge in [-0.05, 0) is 10.6 Å². The summed E-state index contributed by atoms with van der Waals surface area (Å²) >= 11 is 0. The van der Waals surface area contributed by atoms with Crippen molar-refractivity contribution in [3.63, 3.8) is 0 Å².